The van der Waals surface area contributed by atoms with Crippen LogP contribution >= 0.6 is 0 Å². The minimum absolute atomic E-state index is 0.0569. The van der Waals surface area contributed by atoms with Gasteiger partial charge in [0, 0.05) is 50.7 Å². The number of aromatic nitrogens is 7. The number of oxazole rings is 1. The van der Waals surface area contributed by atoms with E-state index in [2.05, 4.69) is 26.0 Å². The van der Waals surface area contributed by atoms with E-state index in [0.29, 0.717) is 75.9 Å². The topological polar surface area (TPSA) is 258 Å². The van der Waals surface area contributed by atoms with E-state index in [4.69, 9.17) is 39.4 Å². The minimum Gasteiger partial charge on any atom is -0.491 e. The average molecular weight is 838 g/mol. The molecule has 6 aromatic rings. The number of imidazole rings is 2. The third kappa shape index (κ3) is 9.09. The lowest BCUT2D eigenvalue weighted by Gasteiger charge is -2.14. The number of hydrogen-bond acceptors (Lipinski definition) is 13. The second-order valence-electron chi connectivity index (χ2n) is 14.0. The molecule has 5 heterocycles. The normalized spacial score (nSPS) is 13.5. The van der Waals surface area contributed by atoms with Gasteiger partial charge in [0.1, 0.15) is 28.2 Å². The summed E-state index contributed by atoms with van der Waals surface area (Å²) in [5.74, 6) is -0.712. The number of anilines is 2. The summed E-state index contributed by atoms with van der Waals surface area (Å²) >= 11 is 0. The van der Waals surface area contributed by atoms with Crippen molar-refractivity contribution in [3.8, 4) is 11.5 Å². The second kappa shape index (κ2) is 18.5. The fourth-order valence-corrected chi connectivity index (χ4v) is 6.97. The lowest BCUT2D eigenvalue weighted by atomic mass is 10.1. The van der Waals surface area contributed by atoms with Crippen molar-refractivity contribution >= 4 is 57.6 Å². The largest absolute Gasteiger partial charge is 0.491 e. The molecular formula is C41H47N11O9. The molecule has 0 atom stereocenters. The number of rotatable bonds is 13. The van der Waals surface area contributed by atoms with Gasteiger partial charge >= 0.3 is 0 Å². The van der Waals surface area contributed by atoms with Gasteiger partial charge in [0.25, 0.3) is 17.7 Å². The summed E-state index contributed by atoms with van der Waals surface area (Å²) in [5, 5.41) is 22.0. The number of hydrogen-bond donors (Lipinski definition) is 5. The van der Waals surface area contributed by atoms with Crippen molar-refractivity contribution in [1.82, 2.24) is 39.2 Å². The molecule has 2 aromatic carbocycles. The monoisotopic (exact) mass is 837 g/mol. The van der Waals surface area contributed by atoms with Gasteiger partial charge < -0.3 is 43.9 Å². The zero-order valence-electron chi connectivity index (χ0n) is 34.2. The number of nitrogens with one attached hydrogen (secondary N) is 3. The van der Waals surface area contributed by atoms with Gasteiger partial charge in [0.15, 0.2) is 5.89 Å². The molecule has 1 aliphatic rings. The molecule has 1 aliphatic heterocycles. The number of nitrogens with zero attached hydrogens (tertiary/aromatic N) is 7. The van der Waals surface area contributed by atoms with Gasteiger partial charge in [-0.2, -0.15) is 5.10 Å². The van der Waals surface area contributed by atoms with Crippen molar-refractivity contribution in [2.45, 2.75) is 60.2 Å². The molecule has 20 heteroatoms. The first-order valence-electron chi connectivity index (χ1n) is 19.9. The Labute approximate surface area is 349 Å². The third-order valence-corrected chi connectivity index (χ3v) is 9.70. The van der Waals surface area contributed by atoms with Crippen LogP contribution in [-0.2, 0) is 30.8 Å². The molecule has 0 aliphatic carbocycles. The minimum atomic E-state index is -0.684. The van der Waals surface area contributed by atoms with Crippen molar-refractivity contribution in [2.75, 3.05) is 50.2 Å². The number of nitrogens with two attached hydrogens (primary N) is 1. The van der Waals surface area contributed by atoms with Crippen LogP contribution in [0.4, 0.5) is 11.9 Å². The van der Waals surface area contributed by atoms with Crippen LogP contribution in [0.5, 0.6) is 11.5 Å². The van der Waals surface area contributed by atoms with Crippen LogP contribution in [-0.4, -0.2) is 102 Å². The van der Waals surface area contributed by atoms with Crippen LogP contribution in [0.1, 0.15) is 79.3 Å². The molecule has 0 bridgehead atoms. The second-order valence-corrected chi connectivity index (χ2v) is 14.0. The highest BCUT2D eigenvalue weighted by molar-refractivity contribution is 6.05. The van der Waals surface area contributed by atoms with E-state index in [1.807, 2.05) is 26.0 Å². The summed E-state index contributed by atoms with van der Waals surface area (Å²) in [6.07, 6.45) is 4.50. The fraction of sp³-hybridized carbons (Fsp3) is 0.366. The smallest absolute Gasteiger partial charge is 0.295 e. The molecule has 61 heavy (non-hydrogen) atoms. The number of aliphatic hydroxyl groups is 1. The van der Waals surface area contributed by atoms with Gasteiger partial charge in [-0.05, 0) is 50.6 Å². The molecule has 0 unspecified atom stereocenters. The Morgan fingerprint density at radius 2 is 1.44 bits per heavy atom. The number of aliphatic hydroxyl groups excluding tert-OH is 1. The van der Waals surface area contributed by atoms with Crippen LogP contribution in [0.3, 0.4) is 0 Å². The molecule has 20 nitrogen and oxygen atoms in total. The summed E-state index contributed by atoms with van der Waals surface area (Å²) < 4.78 is 28.7. The first-order valence-corrected chi connectivity index (χ1v) is 19.9. The number of carbonyl (C=O) groups excluding carboxylic acids is 4. The Morgan fingerprint density at radius 1 is 0.820 bits per heavy atom. The highest BCUT2D eigenvalue weighted by Crippen LogP contribution is 2.34. The van der Waals surface area contributed by atoms with Gasteiger partial charge in [-0.15, -0.1) is 0 Å². The number of ether oxygens (including phenoxy) is 3. The lowest BCUT2D eigenvalue weighted by molar-refractivity contribution is 0.0837. The molecule has 0 saturated heterocycles. The highest BCUT2D eigenvalue weighted by Gasteiger charge is 2.25. The van der Waals surface area contributed by atoms with Gasteiger partial charge in [-0.1, -0.05) is 19.1 Å². The predicted octanol–water partition coefficient (Wildman–Crippen LogP) is 3.53. The standard InChI is InChI=1S/C41H47N11O9/c1-5-27-35(61-24(4)44-27)39(57)48-41-46-29-20-26(37(55)43-10-16-58-17-13-53)22-32-34(29)51(41)12-8-7-11-50-33-28(19-25(36(42)54)21-31(33)59-14-9-15-60-32)45-40(50)47-38(56)30-18-23(3)49-52(30)6-2/h7-8,18-22,53H,5-6,9-17H2,1-4H3,(H2,42,54)(H,43,55)(H,45,47,56)(H,46,48,57)/b8-7+. The van der Waals surface area contributed by atoms with Gasteiger partial charge in [-0.25, -0.2) is 15.0 Å². The number of aryl methyl sites for hydroxylation is 4. The van der Waals surface area contributed by atoms with Crippen molar-refractivity contribution in [3.63, 3.8) is 0 Å². The lowest BCUT2D eigenvalue weighted by Crippen LogP contribution is -2.27. The van der Waals surface area contributed by atoms with Crippen molar-refractivity contribution in [1.29, 1.82) is 0 Å². The van der Waals surface area contributed by atoms with Gasteiger partial charge in [0.05, 0.1) is 55.5 Å². The highest BCUT2D eigenvalue weighted by atomic mass is 16.5. The zero-order chi connectivity index (χ0) is 43.2. The number of carbonyl (C=O) groups is 4. The maximum absolute atomic E-state index is 13.7. The van der Waals surface area contributed by atoms with Gasteiger partial charge in [0.2, 0.25) is 23.6 Å². The SMILES string of the molecule is CCc1nc(C)oc1C(=O)Nc1nc2cc(C(=O)NCCOCCO)cc3c2n1C/C=C/Cn1c(NC(=O)c2cc(C)nn2CC)nc2cc(C(N)=O)cc(c21)OCCCO3. The first kappa shape index (κ1) is 42.1. The van der Waals surface area contributed by atoms with E-state index in [0.717, 1.165) is 0 Å². The first-order chi connectivity index (χ1) is 29.5. The van der Waals surface area contributed by atoms with E-state index < -0.39 is 23.6 Å². The summed E-state index contributed by atoms with van der Waals surface area (Å²) in [5.41, 5.74) is 9.39. The zero-order valence-corrected chi connectivity index (χ0v) is 34.2. The van der Waals surface area contributed by atoms with Crippen molar-refractivity contribution in [3.05, 3.63) is 82.3 Å². The molecule has 4 amide bonds. The molecule has 4 aromatic heterocycles. The molecule has 0 fully saturated rings. The predicted molar refractivity (Wildman–Crippen MR) is 222 cm³/mol. The number of amides is 4. The van der Waals surface area contributed by atoms with Gasteiger partial charge in [-0.3, -0.25) is 34.5 Å². The molecule has 6 N–H and O–H groups in total. The quantitative estimate of drug-likeness (QED) is 0.0825. The fourth-order valence-electron chi connectivity index (χ4n) is 6.97. The molecule has 0 saturated carbocycles. The Bertz CT molecular complexity index is 2650. The maximum atomic E-state index is 13.7. The molecular weight excluding hydrogens is 791 g/mol. The Hall–Kier alpha value is -7.06. The van der Waals surface area contributed by atoms with E-state index in [-0.39, 0.29) is 81.5 Å². The molecule has 7 rings (SSSR count). The number of benzene rings is 2. The van der Waals surface area contributed by atoms with Crippen LogP contribution in [0.25, 0.3) is 22.1 Å². The average Bonchev–Trinajstić information content (AvgIpc) is 4.00. The number of primary amides is 1. The van der Waals surface area contributed by atoms with Crippen LogP contribution in [0.15, 0.2) is 46.9 Å². The molecule has 0 spiro atoms. The van der Waals surface area contributed by atoms with E-state index >= 15 is 0 Å². The Balaban J connectivity index is 1.29. The molecule has 320 valence electrons. The third-order valence-electron chi connectivity index (χ3n) is 9.70. The maximum Gasteiger partial charge on any atom is 0.295 e. The summed E-state index contributed by atoms with van der Waals surface area (Å²) in [6, 6.07) is 7.98. The summed E-state index contributed by atoms with van der Waals surface area (Å²) in [7, 11) is 0. The molecule has 0 radical (unpaired) electrons. The van der Waals surface area contributed by atoms with Crippen LogP contribution < -0.4 is 31.2 Å². The van der Waals surface area contributed by atoms with Crippen molar-refractivity contribution < 1.29 is 42.9 Å². The van der Waals surface area contributed by atoms with E-state index in [1.165, 1.54) is 0 Å². The summed E-state index contributed by atoms with van der Waals surface area (Å²) in [4.78, 5) is 67.1. The Kier molecular flexibility index (Phi) is 12.7. The van der Waals surface area contributed by atoms with E-state index in [1.54, 1.807) is 58.0 Å². The summed E-state index contributed by atoms with van der Waals surface area (Å²) in [6.45, 7) is 8.67. The van der Waals surface area contributed by atoms with E-state index in [9.17, 15) is 19.2 Å². The van der Waals surface area contributed by atoms with Crippen LogP contribution in [0.2, 0.25) is 0 Å². The van der Waals surface area contributed by atoms with Crippen LogP contribution in [0, 0.1) is 13.8 Å². The Morgan fingerprint density at radius 3 is 2.05 bits per heavy atom. The number of allylic oxidation sites excluding steroid dienone is 2. The van der Waals surface area contributed by atoms with Crippen molar-refractivity contribution in [2.24, 2.45) is 5.73 Å².